The molecule has 17 atom stereocenters. The van der Waals surface area contributed by atoms with E-state index in [1.54, 1.807) is 41.1 Å². The van der Waals surface area contributed by atoms with Crippen LogP contribution in [0.15, 0.2) is 47.6 Å². The number of fused-ring (bicyclic) bond motifs is 4. The molecule has 0 spiro atoms. The average Bonchev–Trinajstić information content (AvgIpc) is 3.33. The number of carbonyl (C=O) groups is 5. The molecule has 16 nitrogen and oxygen atoms in total. The van der Waals surface area contributed by atoms with Gasteiger partial charge < -0.3 is 47.8 Å². The topological polar surface area (TPSA) is 211 Å². The quantitative estimate of drug-likeness (QED) is 0.0931. The average molecular weight is 1020 g/mol. The summed E-state index contributed by atoms with van der Waals surface area (Å²) < 4.78 is 54.7. The van der Waals surface area contributed by atoms with Gasteiger partial charge in [-0.15, -0.1) is 0 Å². The van der Waals surface area contributed by atoms with Gasteiger partial charge in [-0.3, -0.25) is 23.7 Å². The second-order valence-corrected chi connectivity index (χ2v) is 23.2. The number of ether oxygens (including phenoxy) is 5. The number of esters is 1. The summed E-state index contributed by atoms with van der Waals surface area (Å²) in [7, 11) is 1.16. The van der Waals surface area contributed by atoms with Gasteiger partial charge in [0.05, 0.1) is 31.0 Å². The Labute approximate surface area is 422 Å². The molecule has 400 valence electrons. The Hall–Kier alpha value is -3.18. The summed E-state index contributed by atoms with van der Waals surface area (Å²) in [6, 6.07) is -1.16. The van der Waals surface area contributed by atoms with Gasteiger partial charge in [0, 0.05) is 71.1 Å². The lowest BCUT2D eigenvalue weighted by atomic mass is 9.68. The van der Waals surface area contributed by atoms with Crippen LogP contribution in [0.3, 0.4) is 0 Å². The van der Waals surface area contributed by atoms with Crippen LogP contribution in [0, 0.1) is 41.4 Å². The number of aliphatic hydroxyl groups excluding tert-OH is 1. The molecule has 0 radical (unpaired) electrons. The molecule has 71 heavy (non-hydrogen) atoms. The number of amides is 1. The van der Waals surface area contributed by atoms with E-state index < -0.39 is 109 Å². The van der Waals surface area contributed by atoms with Gasteiger partial charge in [-0.1, -0.05) is 71.1 Å². The van der Waals surface area contributed by atoms with Gasteiger partial charge in [0.15, 0.2) is 5.78 Å². The fraction of sp³-hybridized carbons (Fsp3) is 0.759. The van der Waals surface area contributed by atoms with E-state index in [-0.39, 0.29) is 36.4 Å². The van der Waals surface area contributed by atoms with Gasteiger partial charge >= 0.3 is 13.6 Å². The molecule has 0 aromatic rings. The van der Waals surface area contributed by atoms with Crippen molar-refractivity contribution in [2.24, 2.45) is 41.4 Å². The smallest absolute Gasteiger partial charge is 0.329 e. The second-order valence-electron chi connectivity index (χ2n) is 21.2. The molecule has 1 amide bonds. The fourth-order valence-electron chi connectivity index (χ4n) is 11.6. The zero-order chi connectivity index (χ0) is 52.4. The Kier molecular flexibility index (Phi) is 21.8. The second kappa shape index (κ2) is 26.3. The van der Waals surface area contributed by atoms with Crippen LogP contribution < -0.4 is 0 Å². The molecule has 17 heteroatoms. The number of aliphatic hydroxyl groups is 2. The summed E-state index contributed by atoms with van der Waals surface area (Å²) in [6.07, 6.45) is 11.1. The first kappa shape index (κ1) is 58.7. The predicted octanol–water partition coefficient (Wildman–Crippen LogP) is 7.67. The van der Waals surface area contributed by atoms with Crippen molar-refractivity contribution in [3.05, 3.63) is 47.6 Å². The highest BCUT2D eigenvalue weighted by Crippen LogP contribution is 2.50. The van der Waals surface area contributed by atoms with E-state index in [0.29, 0.717) is 82.8 Å². The molecular formula is C54H84NO15P. The molecule has 4 aliphatic heterocycles. The van der Waals surface area contributed by atoms with Crippen LogP contribution in [0.1, 0.15) is 126 Å². The molecule has 1 saturated carbocycles. The summed E-state index contributed by atoms with van der Waals surface area (Å²) in [4.78, 5) is 72.8. The van der Waals surface area contributed by atoms with E-state index in [1.807, 2.05) is 58.1 Å². The minimum Gasteiger partial charge on any atom is -0.460 e. The minimum atomic E-state index is -3.37. The first-order valence-corrected chi connectivity index (χ1v) is 28.0. The summed E-state index contributed by atoms with van der Waals surface area (Å²) in [6.45, 7) is 14.5. The number of rotatable bonds is 10. The molecule has 10 unspecified atom stereocenters. The normalized spacial score (nSPS) is 41.0. The highest BCUT2D eigenvalue weighted by atomic mass is 31.2. The lowest BCUT2D eigenvalue weighted by molar-refractivity contribution is -0.266. The van der Waals surface area contributed by atoms with Crippen molar-refractivity contribution in [2.45, 2.75) is 180 Å². The summed E-state index contributed by atoms with van der Waals surface area (Å²) in [5, 5.41) is 23.6. The molecule has 2 N–H and O–H groups in total. The van der Waals surface area contributed by atoms with E-state index in [1.165, 1.54) is 18.7 Å². The third-order valence-corrected chi connectivity index (χ3v) is 17.1. The number of Topliss-reactive ketones (excluding diaryl/α,β-unsaturated/α-hetero) is 3. The number of piperidine rings is 1. The van der Waals surface area contributed by atoms with E-state index in [2.05, 4.69) is 0 Å². The van der Waals surface area contributed by atoms with Gasteiger partial charge in [0.2, 0.25) is 5.79 Å². The van der Waals surface area contributed by atoms with Crippen molar-refractivity contribution in [1.29, 1.82) is 0 Å². The molecule has 4 fully saturated rings. The Morgan fingerprint density at radius 2 is 1.61 bits per heavy atom. The third-order valence-electron chi connectivity index (χ3n) is 15.7. The van der Waals surface area contributed by atoms with E-state index in [0.717, 1.165) is 5.57 Å². The SMILES string of the molecule is CCCOP(C)(=O)O[C@@H]1CCC(CC2[C@H]3CCCN4C(=O)C(=O)C5(O)O[C@@H](CCC5C)C[C@H](OC)/C(C)=C/C=C/C=C/[C@@H](C)CC(C)C(=O)[C@H](OC)C(O)/C(C)=C/C(C)C(=O)C[C@@H]2OC(=O)C34)CC1OC. The number of hydrogen-bond acceptors (Lipinski definition) is 15. The van der Waals surface area contributed by atoms with Crippen LogP contribution in [0.2, 0.25) is 0 Å². The Bertz CT molecular complexity index is 2030. The van der Waals surface area contributed by atoms with E-state index in [9.17, 15) is 38.8 Å². The lowest BCUT2D eigenvalue weighted by Gasteiger charge is -2.50. The molecular weight excluding hydrogens is 934 g/mol. The van der Waals surface area contributed by atoms with Crippen molar-refractivity contribution in [2.75, 3.05) is 41.1 Å². The van der Waals surface area contributed by atoms with Crippen LogP contribution in [0.5, 0.6) is 0 Å². The lowest BCUT2D eigenvalue weighted by Crippen LogP contribution is -2.65. The highest BCUT2D eigenvalue weighted by molar-refractivity contribution is 7.53. The Morgan fingerprint density at radius 3 is 2.28 bits per heavy atom. The summed E-state index contributed by atoms with van der Waals surface area (Å²) in [5.74, 6) is -8.79. The fourth-order valence-corrected chi connectivity index (χ4v) is 12.9. The molecule has 0 aromatic carbocycles. The summed E-state index contributed by atoms with van der Waals surface area (Å²) in [5.41, 5.74) is 1.25. The summed E-state index contributed by atoms with van der Waals surface area (Å²) >= 11 is 0. The van der Waals surface area contributed by atoms with Gasteiger partial charge in [0.25, 0.3) is 11.7 Å². The maximum atomic E-state index is 14.6. The molecule has 4 bridgehead atoms. The Balaban J connectivity index is 1.50. The molecule has 4 heterocycles. The molecule has 1 aliphatic carbocycles. The number of carbonyl (C=O) groups excluding carboxylic acids is 5. The van der Waals surface area contributed by atoms with E-state index in [4.69, 9.17) is 32.7 Å². The van der Waals surface area contributed by atoms with Gasteiger partial charge in [0.1, 0.15) is 30.1 Å². The maximum absolute atomic E-state index is 14.6. The van der Waals surface area contributed by atoms with Crippen LogP contribution in [-0.2, 0) is 61.3 Å². The minimum absolute atomic E-state index is 0.0103. The number of methoxy groups -OCH3 is 3. The van der Waals surface area contributed by atoms with E-state index >= 15 is 0 Å². The Morgan fingerprint density at radius 1 is 0.873 bits per heavy atom. The zero-order valence-corrected chi connectivity index (χ0v) is 45.0. The van der Waals surface area contributed by atoms with Crippen molar-refractivity contribution in [3.8, 4) is 0 Å². The first-order valence-electron chi connectivity index (χ1n) is 26.0. The van der Waals surface area contributed by atoms with Crippen LogP contribution in [0.4, 0.5) is 0 Å². The number of hydrogen-bond donors (Lipinski definition) is 2. The van der Waals surface area contributed by atoms with Gasteiger partial charge in [-0.25, -0.2) is 4.79 Å². The number of nitrogens with zero attached hydrogens (tertiary/aromatic N) is 1. The molecule has 5 rings (SSSR count). The largest absolute Gasteiger partial charge is 0.460 e. The van der Waals surface area contributed by atoms with Crippen molar-refractivity contribution in [3.63, 3.8) is 0 Å². The maximum Gasteiger partial charge on any atom is 0.329 e. The van der Waals surface area contributed by atoms with Crippen molar-refractivity contribution >= 4 is 36.8 Å². The third kappa shape index (κ3) is 14.8. The molecule has 5 aliphatic rings. The first-order chi connectivity index (χ1) is 33.6. The van der Waals surface area contributed by atoms with Gasteiger partial charge in [-0.05, 0) is 107 Å². The predicted molar refractivity (Wildman–Crippen MR) is 267 cm³/mol. The molecule has 3 saturated heterocycles. The molecule has 0 aromatic heterocycles. The van der Waals surface area contributed by atoms with Crippen molar-refractivity contribution < 1.29 is 71.5 Å². The van der Waals surface area contributed by atoms with Crippen molar-refractivity contribution in [1.82, 2.24) is 4.90 Å². The van der Waals surface area contributed by atoms with Crippen LogP contribution in [0.25, 0.3) is 0 Å². The standard InChI is InChI=1S/C54H84NO15P/c1-12-25-67-71(11,63)70-43-23-21-38(29-46(43)65-9)28-41-40-19-16-24-55-47(40)53(61)68-45(41)31-42(56)34(4)27-36(6)49(58)50(66-10)48(57)35(5)26-32(2)17-14-13-15-18-33(3)44(64-8)30-39-22-20-37(7)54(62,69-39)51(59)52(55)60/h13-15,17-18,27,32,34-35,37-41,43-47,49-50,58,62H,12,16,19-26,28-31H2,1-11H3/b15-13+,17-14+,33-18+,36-27+/t32-,34?,35?,37?,38?,39+,40-,41?,43-,44+,45+,46?,47?,49?,50+,54?,71?/m1/s1. The number of ketones is 3. The van der Waals surface area contributed by atoms with Crippen LogP contribution >= 0.6 is 7.60 Å². The van der Waals surface area contributed by atoms with Gasteiger partial charge in [-0.2, -0.15) is 0 Å². The monoisotopic (exact) mass is 1020 g/mol. The zero-order valence-electron chi connectivity index (χ0n) is 44.1. The highest BCUT2D eigenvalue weighted by Gasteiger charge is 2.57. The number of allylic oxidation sites excluding steroid dienone is 6. The van der Waals surface area contributed by atoms with Crippen LogP contribution in [-0.4, -0.2) is 140 Å².